The summed E-state index contributed by atoms with van der Waals surface area (Å²) in [6.07, 6.45) is 4.93. The molecule has 2 saturated carbocycles. The zero-order chi connectivity index (χ0) is 18.8. The lowest BCUT2D eigenvalue weighted by atomic mass is 10.1. The van der Waals surface area contributed by atoms with Crippen LogP contribution in [0.25, 0.3) is 0 Å². The highest BCUT2D eigenvalue weighted by molar-refractivity contribution is 5.97. The highest BCUT2D eigenvalue weighted by Crippen LogP contribution is 2.44. The van der Waals surface area contributed by atoms with Gasteiger partial charge in [0.15, 0.2) is 0 Å². The zero-order valence-electron chi connectivity index (χ0n) is 15.4. The number of nitrogens with one attached hydrogen (secondary N) is 3. The van der Waals surface area contributed by atoms with Gasteiger partial charge in [-0.2, -0.15) is 0 Å². The van der Waals surface area contributed by atoms with Crippen LogP contribution in [0, 0.1) is 11.8 Å². The van der Waals surface area contributed by atoms with E-state index in [1.54, 1.807) is 17.0 Å². The quantitative estimate of drug-likeness (QED) is 0.704. The predicted octanol–water partition coefficient (Wildman–Crippen LogP) is 1.25. The Morgan fingerprint density at radius 1 is 1.11 bits per heavy atom. The summed E-state index contributed by atoms with van der Waals surface area (Å²) in [5.41, 5.74) is 1.49. The van der Waals surface area contributed by atoms with E-state index in [2.05, 4.69) is 16.0 Å². The standard InChI is InChI=1S/C20H26N4O3/c25-17-12-24(10-9-21-17)19(26)16-3-1-13(2-4-16)11-22-20(27)23-18(14-5-6-14)15-7-8-15/h1-4,14-15,18H,5-12H2,(H,21,25)(H2,22,23,27). The SMILES string of the molecule is O=C1CN(C(=O)c2ccc(CNC(=O)NC(C3CC3)C3CC3)cc2)CCN1. The Kier molecular flexibility index (Phi) is 5.01. The number of hydrogen-bond donors (Lipinski definition) is 3. The molecule has 3 fully saturated rings. The molecule has 0 aromatic heterocycles. The average molecular weight is 370 g/mol. The Balaban J connectivity index is 1.26. The molecule has 0 radical (unpaired) electrons. The van der Waals surface area contributed by atoms with Crippen molar-refractivity contribution in [1.29, 1.82) is 0 Å². The van der Waals surface area contributed by atoms with Crippen LogP contribution < -0.4 is 16.0 Å². The van der Waals surface area contributed by atoms with Crippen molar-refractivity contribution < 1.29 is 14.4 Å². The number of hydrogen-bond acceptors (Lipinski definition) is 3. The molecular weight excluding hydrogens is 344 g/mol. The Morgan fingerprint density at radius 2 is 1.78 bits per heavy atom. The van der Waals surface area contributed by atoms with Gasteiger partial charge in [0.25, 0.3) is 5.91 Å². The first-order valence-electron chi connectivity index (χ1n) is 9.79. The maximum Gasteiger partial charge on any atom is 0.315 e. The summed E-state index contributed by atoms with van der Waals surface area (Å²) in [5, 5.41) is 8.76. The van der Waals surface area contributed by atoms with Crippen LogP contribution in [0.5, 0.6) is 0 Å². The minimum absolute atomic E-state index is 0.103. The van der Waals surface area contributed by atoms with Crippen LogP contribution in [0.1, 0.15) is 41.6 Å². The zero-order valence-corrected chi connectivity index (χ0v) is 15.4. The van der Waals surface area contributed by atoms with Crippen molar-refractivity contribution in [3.05, 3.63) is 35.4 Å². The van der Waals surface area contributed by atoms with Gasteiger partial charge in [0.05, 0.1) is 6.54 Å². The molecule has 3 aliphatic rings. The third-order valence-corrected chi connectivity index (χ3v) is 5.54. The summed E-state index contributed by atoms with van der Waals surface area (Å²) < 4.78 is 0. The molecule has 144 valence electrons. The number of amides is 4. The van der Waals surface area contributed by atoms with Crippen LogP contribution in [0.3, 0.4) is 0 Å². The molecule has 7 heteroatoms. The van der Waals surface area contributed by atoms with E-state index in [0.717, 1.165) is 5.56 Å². The lowest BCUT2D eigenvalue weighted by Crippen LogP contribution is -2.49. The average Bonchev–Trinajstić information content (AvgIpc) is 3.57. The van der Waals surface area contributed by atoms with E-state index >= 15 is 0 Å². The Bertz CT molecular complexity index is 713. The molecule has 7 nitrogen and oxygen atoms in total. The highest BCUT2D eigenvalue weighted by Gasteiger charge is 2.42. The predicted molar refractivity (Wildman–Crippen MR) is 100.0 cm³/mol. The van der Waals surface area contributed by atoms with Crippen LogP contribution in [-0.4, -0.2) is 48.4 Å². The van der Waals surface area contributed by atoms with Crippen molar-refractivity contribution >= 4 is 17.8 Å². The van der Waals surface area contributed by atoms with Gasteiger partial charge in [-0.25, -0.2) is 4.79 Å². The lowest BCUT2D eigenvalue weighted by Gasteiger charge is -2.26. The number of carbonyl (C=O) groups is 3. The van der Waals surface area contributed by atoms with E-state index in [4.69, 9.17) is 0 Å². The normalized spacial score (nSPS) is 19.6. The first-order valence-corrected chi connectivity index (χ1v) is 9.79. The molecule has 2 aliphatic carbocycles. The Labute approximate surface area is 158 Å². The fraction of sp³-hybridized carbons (Fsp3) is 0.550. The summed E-state index contributed by atoms with van der Waals surface area (Å²) in [5.74, 6) is 1.08. The summed E-state index contributed by atoms with van der Waals surface area (Å²) in [4.78, 5) is 37.6. The molecule has 27 heavy (non-hydrogen) atoms. The Hall–Kier alpha value is -2.57. The fourth-order valence-corrected chi connectivity index (χ4v) is 3.68. The molecule has 0 spiro atoms. The highest BCUT2D eigenvalue weighted by atomic mass is 16.2. The number of carbonyl (C=O) groups excluding carboxylic acids is 3. The number of nitrogens with zero attached hydrogens (tertiary/aromatic N) is 1. The second-order valence-electron chi connectivity index (χ2n) is 7.80. The summed E-state index contributed by atoms with van der Waals surface area (Å²) in [6, 6.07) is 7.42. The summed E-state index contributed by atoms with van der Waals surface area (Å²) >= 11 is 0. The van der Waals surface area contributed by atoms with Gasteiger partial charge in [0, 0.05) is 31.2 Å². The van der Waals surface area contributed by atoms with E-state index in [0.29, 0.717) is 43.1 Å². The topological polar surface area (TPSA) is 90.5 Å². The van der Waals surface area contributed by atoms with Gasteiger partial charge in [0.2, 0.25) is 5.91 Å². The van der Waals surface area contributed by atoms with Crippen LogP contribution >= 0.6 is 0 Å². The van der Waals surface area contributed by atoms with Gasteiger partial charge >= 0.3 is 6.03 Å². The second kappa shape index (κ2) is 7.58. The number of piperazine rings is 1. The molecule has 0 atom stereocenters. The van der Waals surface area contributed by atoms with E-state index in [9.17, 15) is 14.4 Å². The van der Waals surface area contributed by atoms with Crippen molar-refractivity contribution in [3.63, 3.8) is 0 Å². The van der Waals surface area contributed by atoms with E-state index in [1.165, 1.54) is 25.7 Å². The van der Waals surface area contributed by atoms with Crippen molar-refractivity contribution in [2.45, 2.75) is 38.3 Å². The molecule has 1 aromatic carbocycles. The maximum atomic E-state index is 12.4. The van der Waals surface area contributed by atoms with Crippen molar-refractivity contribution in [3.8, 4) is 0 Å². The van der Waals surface area contributed by atoms with Crippen LogP contribution in [0.15, 0.2) is 24.3 Å². The number of urea groups is 1. The second-order valence-corrected chi connectivity index (χ2v) is 7.80. The third kappa shape index (κ3) is 4.59. The Morgan fingerprint density at radius 3 is 2.37 bits per heavy atom. The largest absolute Gasteiger partial charge is 0.353 e. The molecule has 1 aliphatic heterocycles. The van der Waals surface area contributed by atoms with Gasteiger partial charge in [-0.1, -0.05) is 12.1 Å². The molecule has 1 heterocycles. The first kappa shape index (κ1) is 17.8. The molecule has 4 rings (SSSR count). The minimum Gasteiger partial charge on any atom is -0.353 e. The van der Waals surface area contributed by atoms with Crippen LogP contribution in [0.4, 0.5) is 4.79 Å². The van der Waals surface area contributed by atoms with E-state index in [-0.39, 0.29) is 24.4 Å². The molecule has 4 amide bonds. The minimum atomic E-state index is -0.140. The first-order chi connectivity index (χ1) is 13.1. The van der Waals surface area contributed by atoms with Crippen LogP contribution in [-0.2, 0) is 11.3 Å². The lowest BCUT2D eigenvalue weighted by molar-refractivity contribution is -0.123. The molecule has 1 aromatic rings. The van der Waals surface area contributed by atoms with Crippen LogP contribution in [0.2, 0.25) is 0 Å². The molecular formula is C20H26N4O3. The van der Waals surface area contributed by atoms with Crippen molar-refractivity contribution in [1.82, 2.24) is 20.9 Å². The monoisotopic (exact) mass is 370 g/mol. The van der Waals surface area contributed by atoms with Gasteiger partial charge in [-0.05, 0) is 55.2 Å². The van der Waals surface area contributed by atoms with Gasteiger partial charge in [-0.3, -0.25) is 9.59 Å². The molecule has 0 unspecified atom stereocenters. The number of benzene rings is 1. The van der Waals surface area contributed by atoms with Gasteiger partial charge in [-0.15, -0.1) is 0 Å². The summed E-state index contributed by atoms with van der Waals surface area (Å²) in [7, 11) is 0. The van der Waals surface area contributed by atoms with E-state index < -0.39 is 0 Å². The molecule has 1 saturated heterocycles. The smallest absolute Gasteiger partial charge is 0.315 e. The van der Waals surface area contributed by atoms with E-state index in [1.807, 2.05) is 12.1 Å². The van der Waals surface area contributed by atoms with Gasteiger partial charge < -0.3 is 20.9 Å². The maximum absolute atomic E-state index is 12.4. The van der Waals surface area contributed by atoms with Gasteiger partial charge in [0.1, 0.15) is 0 Å². The van der Waals surface area contributed by atoms with Crippen molar-refractivity contribution in [2.75, 3.05) is 19.6 Å². The van der Waals surface area contributed by atoms with Crippen molar-refractivity contribution in [2.24, 2.45) is 11.8 Å². The molecule has 3 N–H and O–H groups in total. The number of rotatable bonds is 6. The fourth-order valence-electron chi connectivity index (χ4n) is 3.68. The molecule has 0 bridgehead atoms. The summed E-state index contributed by atoms with van der Waals surface area (Å²) in [6.45, 7) is 1.54. The third-order valence-electron chi connectivity index (χ3n) is 5.54.